The molecule has 0 aliphatic carbocycles. The van der Waals surface area contributed by atoms with E-state index in [1.54, 1.807) is 11.3 Å². The van der Waals surface area contributed by atoms with Crippen LogP contribution in [0.4, 0.5) is 0 Å². The molecule has 0 radical (unpaired) electrons. The Morgan fingerprint density at radius 3 is 1.69 bits per heavy atom. The van der Waals surface area contributed by atoms with Crippen LogP contribution in [0.25, 0.3) is 142 Å². The molecule has 6 nitrogen and oxygen atoms in total. The molecule has 68 heavy (non-hydrogen) atoms. The largest absolute Gasteiger partial charge is 0.454 e. The predicted molar refractivity (Wildman–Crippen MR) is 282 cm³/mol. The van der Waals surface area contributed by atoms with Crippen molar-refractivity contribution in [2.24, 2.45) is 0 Å². The minimum Gasteiger partial charge on any atom is -0.454 e. The Morgan fingerprint density at radius 1 is 0.338 bits per heavy atom. The van der Waals surface area contributed by atoms with Crippen molar-refractivity contribution in [3.8, 4) is 45.5 Å². The lowest BCUT2D eigenvalue weighted by molar-refractivity contribution is 0.666. The number of nitrogens with zero attached hydrogens (tertiary/aromatic N) is 5. The quantitative estimate of drug-likeness (QED) is 0.173. The van der Waals surface area contributed by atoms with E-state index in [0.717, 1.165) is 77.5 Å². The van der Waals surface area contributed by atoms with Gasteiger partial charge in [0.25, 0.3) is 0 Å². The minimum absolute atomic E-state index is 0.577. The molecule has 0 saturated heterocycles. The molecule has 7 heteroatoms. The van der Waals surface area contributed by atoms with E-state index in [0.29, 0.717) is 17.5 Å². The number of thiophene rings is 1. The van der Waals surface area contributed by atoms with Gasteiger partial charge >= 0.3 is 0 Å². The number of fused-ring (bicyclic) bond motifs is 13. The Bertz CT molecular complexity index is 4580. The minimum atomic E-state index is 0.577. The summed E-state index contributed by atoms with van der Waals surface area (Å²) in [6.07, 6.45) is 0. The lowest BCUT2D eigenvalue weighted by Crippen LogP contribution is -2.01. The average Bonchev–Trinajstić information content (AvgIpc) is 4.15. The Balaban J connectivity index is 1.01. The third kappa shape index (κ3) is 5.54. The molecule has 0 amide bonds. The lowest BCUT2D eigenvalue weighted by Gasteiger charge is -2.13. The summed E-state index contributed by atoms with van der Waals surface area (Å²) in [7, 11) is 0. The molecule has 0 aliphatic heterocycles. The number of furan rings is 1. The normalized spacial score (nSPS) is 12.1. The van der Waals surface area contributed by atoms with E-state index in [2.05, 4.69) is 209 Å². The number of benzene rings is 10. The van der Waals surface area contributed by atoms with Gasteiger partial charge in [-0.1, -0.05) is 127 Å². The standard InChI is InChI=1S/C61H35N5OS/c1-2-16-41(17-3-1)65-50-22-10-6-18-42(50)47-31-38(27-29-52(47)65)59-62-60(39-26-28-46-45-21-9-13-25-56(45)68-57(46)35-39)64-61(63-59)40-32-49-44-20-8-12-24-55(44)67-58(49)54(34-40)66-51-23-11-7-19-43(51)48-30-36-14-4-5-15-37(36)33-53(48)66/h1-35H. The molecule has 15 rings (SSSR count). The fourth-order valence-electron chi connectivity index (χ4n) is 10.6. The third-order valence-electron chi connectivity index (χ3n) is 13.7. The second-order valence-corrected chi connectivity index (χ2v) is 18.7. The smallest absolute Gasteiger partial charge is 0.164 e. The number of hydrogen-bond acceptors (Lipinski definition) is 5. The fourth-order valence-corrected chi connectivity index (χ4v) is 11.8. The molecule has 0 atom stereocenters. The Kier molecular flexibility index (Phi) is 7.85. The number of para-hydroxylation sites is 4. The van der Waals surface area contributed by atoms with Crippen LogP contribution in [-0.2, 0) is 0 Å². The fraction of sp³-hybridized carbons (Fsp3) is 0. The van der Waals surface area contributed by atoms with Crippen LogP contribution < -0.4 is 0 Å². The van der Waals surface area contributed by atoms with Gasteiger partial charge in [0.2, 0.25) is 0 Å². The van der Waals surface area contributed by atoms with Crippen LogP contribution in [-0.4, -0.2) is 24.1 Å². The molecule has 0 bridgehead atoms. The van der Waals surface area contributed by atoms with Crippen molar-refractivity contribution in [1.82, 2.24) is 24.1 Å². The first-order valence-electron chi connectivity index (χ1n) is 22.8. The van der Waals surface area contributed by atoms with Gasteiger partial charge in [-0.05, 0) is 95.7 Å². The first-order chi connectivity index (χ1) is 33.7. The molecule has 0 saturated carbocycles. The molecule has 0 aliphatic rings. The molecule has 0 unspecified atom stereocenters. The van der Waals surface area contributed by atoms with Gasteiger partial charge in [-0.3, -0.25) is 0 Å². The van der Waals surface area contributed by atoms with Gasteiger partial charge in [-0.2, -0.15) is 0 Å². The second kappa shape index (κ2) is 14.3. The van der Waals surface area contributed by atoms with Crippen molar-refractivity contribution in [3.63, 3.8) is 0 Å². The molecule has 316 valence electrons. The number of rotatable bonds is 5. The molecule has 0 spiro atoms. The maximum Gasteiger partial charge on any atom is 0.164 e. The van der Waals surface area contributed by atoms with Gasteiger partial charge in [0.05, 0.1) is 27.8 Å². The van der Waals surface area contributed by atoms with Crippen molar-refractivity contribution < 1.29 is 4.42 Å². The van der Waals surface area contributed by atoms with Gasteiger partial charge in [0, 0.05) is 74.9 Å². The summed E-state index contributed by atoms with van der Waals surface area (Å²) in [6.45, 7) is 0. The highest BCUT2D eigenvalue weighted by Gasteiger charge is 2.23. The summed E-state index contributed by atoms with van der Waals surface area (Å²) in [5.74, 6) is 1.79. The van der Waals surface area contributed by atoms with Gasteiger partial charge in [0.15, 0.2) is 23.1 Å². The summed E-state index contributed by atoms with van der Waals surface area (Å²) in [6, 6.07) is 75.5. The molecule has 15 aromatic rings. The van der Waals surface area contributed by atoms with Crippen molar-refractivity contribution in [3.05, 3.63) is 212 Å². The Morgan fingerprint density at radius 2 is 0.897 bits per heavy atom. The SMILES string of the molecule is c1ccc(-n2c3ccccc3c3cc(-c4nc(-c5ccc6c(c5)sc5ccccc56)nc(-c5cc(-n6c7ccccc7c7cc8ccccc8cc76)c6oc7ccccc7c6c5)n4)ccc32)cc1. The van der Waals surface area contributed by atoms with E-state index < -0.39 is 0 Å². The highest BCUT2D eigenvalue weighted by molar-refractivity contribution is 7.25. The van der Waals surface area contributed by atoms with Crippen LogP contribution in [0, 0.1) is 0 Å². The Labute approximate surface area is 392 Å². The van der Waals surface area contributed by atoms with Crippen molar-refractivity contribution in [2.45, 2.75) is 0 Å². The monoisotopic (exact) mass is 885 g/mol. The summed E-state index contributed by atoms with van der Waals surface area (Å²) in [5.41, 5.74) is 10.8. The van der Waals surface area contributed by atoms with Crippen molar-refractivity contribution in [2.75, 3.05) is 0 Å². The second-order valence-electron chi connectivity index (χ2n) is 17.6. The van der Waals surface area contributed by atoms with E-state index in [1.807, 2.05) is 12.1 Å². The molecule has 10 aromatic carbocycles. The van der Waals surface area contributed by atoms with Crippen LogP contribution in [0.2, 0.25) is 0 Å². The van der Waals surface area contributed by atoms with E-state index in [4.69, 9.17) is 19.4 Å². The maximum absolute atomic E-state index is 6.87. The summed E-state index contributed by atoms with van der Waals surface area (Å²) in [4.78, 5) is 16.2. The van der Waals surface area contributed by atoms with Gasteiger partial charge in [-0.25, -0.2) is 15.0 Å². The van der Waals surface area contributed by atoms with E-state index in [9.17, 15) is 0 Å². The van der Waals surface area contributed by atoms with Crippen LogP contribution >= 0.6 is 11.3 Å². The molecular formula is C61H35N5OS. The zero-order valence-electron chi connectivity index (χ0n) is 36.3. The van der Waals surface area contributed by atoms with Crippen molar-refractivity contribution in [1.29, 1.82) is 0 Å². The van der Waals surface area contributed by atoms with E-state index in [-0.39, 0.29) is 0 Å². The lowest BCUT2D eigenvalue weighted by atomic mass is 10.1. The van der Waals surface area contributed by atoms with Gasteiger partial charge < -0.3 is 13.6 Å². The van der Waals surface area contributed by atoms with Gasteiger partial charge in [-0.15, -0.1) is 11.3 Å². The Hall–Kier alpha value is -8.91. The number of aromatic nitrogens is 5. The van der Waals surface area contributed by atoms with Gasteiger partial charge in [0.1, 0.15) is 5.58 Å². The van der Waals surface area contributed by atoms with Crippen molar-refractivity contribution >= 4 is 108 Å². The number of hydrogen-bond donors (Lipinski definition) is 0. The summed E-state index contributed by atoms with van der Waals surface area (Å²) >= 11 is 1.79. The maximum atomic E-state index is 6.87. The summed E-state index contributed by atoms with van der Waals surface area (Å²) in [5, 5.41) is 11.5. The van der Waals surface area contributed by atoms with E-state index >= 15 is 0 Å². The first-order valence-corrected chi connectivity index (χ1v) is 23.6. The van der Waals surface area contributed by atoms with Crippen LogP contribution in [0.15, 0.2) is 217 Å². The molecule has 0 fully saturated rings. The highest BCUT2D eigenvalue weighted by Crippen LogP contribution is 2.43. The molecule has 5 heterocycles. The topological polar surface area (TPSA) is 61.7 Å². The summed E-state index contributed by atoms with van der Waals surface area (Å²) < 4.78 is 14.0. The first kappa shape index (κ1) is 37.3. The molecule has 0 N–H and O–H groups in total. The molecular weight excluding hydrogens is 851 g/mol. The van der Waals surface area contributed by atoms with Crippen LogP contribution in [0.1, 0.15) is 0 Å². The van der Waals surface area contributed by atoms with E-state index in [1.165, 1.54) is 47.1 Å². The molecule has 5 aromatic heterocycles. The highest BCUT2D eigenvalue weighted by atomic mass is 32.1. The van der Waals surface area contributed by atoms with Crippen LogP contribution in [0.3, 0.4) is 0 Å². The zero-order chi connectivity index (χ0) is 44.5. The third-order valence-corrected chi connectivity index (χ3v) is 14.8. The predicted octanol–water partition coefficient (Wildman–Crippen LogP) is 16.5. The van der Waals surface area contributed by atoms with Crippen LogP contribution in [0.5, 0.6) is 0 Å². The average molecular weight is 886 g/mol. The zero-order valence-corrected chi connectivity index (χ0v) is 37.1.